The highest BCUT2D eigenvalue weighted by atomic mass is 16.2. The zero-order chi connectivity index (χ0) is 15.5. The van der Waals surface area contributed by atoms with Gasteiger partial charge in [-0.25, -0.2) is 4.98 Å². The third-order valence-electron chi connectivity index (χ3n) is 4.28. The number of nitrogens with zero attached hydrogens (tertiary/aromatic N) is 3. The van der Waals surface area contributed by atoms with Gasteiger partial charge in [0, 0.05) is 44.5 Å². The summed E-state index contributed by atoms with van der Waals surface area (Å²) in [4.78, 5) is 17.8. The van der Waals surface area contributed by atoms with E-state index < -0.39 is 0 Å². The van der Waals surface area contributed by atoms with Gasteiger partial charge in [0.2, 0.25) is 5.91 Å². The van der Waals surface area contributed by atoms with Gasteiger partial charge in [-0.3, -0.25) is 4.79 Å². The predicted molar refractivity (Wildman–Crippen MR) is 86.5 cm³/mol. The van der Waals surface area contributed by atoms with E-state index in [1.54, 1.807) is 0 Å². The first-order chi connectivity index (χ1) is 10.6. The van der Waals surface area contributed by atoms with Crippen LogP contribution in [0.3, 0.4) is 0 Å². The van der Waals surface area contributed by atoms with E-state index in [4.69, 9.17) is 0 Å². The first kappa shape index (κ1) is 14.8. The van der Waals surface area contributed by atoms with E-state index in [2.05, 4.69) is 29.4 Å². The molecule has 0 aliphatic carbocycles. The van der Waals surface area contributed by atoms with Crippen molar-refractivity contribution < 1.29 is 4.79 Å². The lowest BCUT2D eigenvalue weighted by Crippen LogP contribution is -2.24. The Morgan fingerprint density at radius 2 is 2.09 bits per heavy atom. The summed E-state index contributed by atoms with van der Waals surface area (Å²) in [6, 6.07) is 8.53. The number of imidazole rings is 1. The highest BCUT2D eigenvalue weighted by Crippen LogP contribution is 2.23. The first-order valence-corrected chi connectivity index (χ1v) is 7.74. The van der Waals surface area contributed by atoms with Gasteiger partial charge in [0.1, 0.15) is 0 Å². The fraction of sp³-hybridized carbons (Fsp3) is 0.412. The van der Waals surface area contributed by atoms with E-state index >= 15 is 0 Å². The molecule has 5 nitrogen and oxygen atoms in total. The number of hydrogen-bond donors (Lipinski definition) is 1. The average molecular weight is 298 g/mol. The molecule has 3 rings (SSSR count). The molecule has 0 bridgehead atoms. The summed E-state index contributed by atoms with van der Waals surface area (Å²) >= 11 is 0. The number of amides is 1. The second-order valence-corrected chi connectivity index (χ2v) is 5.84. The largest absolute Gasteiger partial charge is 0.337 e. The number of rotatable bonds is 5. The SMILES string of the molecule is CC(NCc1cncn1C)c1ccc(N2CCCC2=O)cc1. The molecule has 1 saturated heterocycles. The van der Waals surface area contributed by atoms with Crippen LogP contribution >= 0.6 is 0 Å². The van der Waals surface area contributed by atoms with Crippen molar-refractivity contribution in [2.45, 2.75) is 32.4 Å². The number of aryl methyl sites for hydroxylation is 1. The van der Waals surface area contributed by atoms with E-state index in [-0.39, 0.29) is 11.9 Å². The number of anilines is 1. The van der Waals surface area contributed by atoms with Crippen molar-refractivity contribution >= 4 is 11.6 Å². The Labute approximate surface area is 131 Å². The number of aromatic nitrogens is 2. The second kappa shape index (κ2) is 6.32. The Bertz CT molecular complexity index is 647. The zero-order valence-electron chi connectivity index (χ0n) is 13.1. The molecule has 22 heavy (non-hydrogen) atoms. The number of nitrogens with one attached hydrogen (secondary N) is 1. The maximum absolute atomic E-state index is 11.8. The molecule has 0 saturated carbocycles. The van der Waals surface area contributed by atoms with Crippen LogP contribution < -0.4 is 10.2 Å². The highest BCUT2D eigenvalue weighted by molar-refractivity contribution is 5.95. The lowest BCUT2D eigenvalue weighted by atomic mass is 10.1. The Kier molecular flexibility index (Phi) is 4.24. The van der Waals surface area contributed by atoms with E-state index in [0.717, 1.165) is 30.9 Å². The molecule has 116 valence electrons. The van der Waals surface area contributed by atoms with Crippen LogP contribution in [0, 0.1) is 0 Å². The van der Waals surface area contributed by atoms with Gasteiger partial charge in [-0.05, 0) is 31.0 Å². The third kappa shape index (κ3) is 3.04. The average Bonchev–Trinajstić information content (AvgIpc) is 3.13. The van der Waals surface area contributed by atoms with Crippen LogP contribution in [0.2, 0.25) is 0 Å². The summed E-state index contributed by atoms with van der Waals surface area (Å²) in [6.45, 7) is 3.77. The summed E-state index contributed by atoms with van der Waals surface area (Å²) in [5, 5.41) is 3.50. The second-order valence-electron chi connectivity index (χ2n) is 5.84. The Morgan fingerprint density at radius 3 is 2.68 bits per heavy atom. The lowest BCUT2D eigenvalue weighted by Gasteiger charge is -2.18. The van der Waals surface area contributed by atoms with E-state index in [0.29, 0.717) is 6.42 Å². The van der Waals surface area contributed by atoms with Gasteiger partial charge in [-0.2, -0.15) is 0 Å². The van der Waals surface area contributed by atoms with Crippen molar-refractivity contribution in [3.05, 3.63) is 48.0 Å². The smallest absolute Gasteiger partial charge is 0.227 e. The predicted octanol–water partition coefficient (Wildman–Crippen LogP) is 2.40. The Morgan fingerprint density at radius 1 is 1.32 bits per heavy atom. The first-order valence-electron chi connectivity index (χ1n) is 7.74. The third-order valence-corrected chi connectivity index (χ3v) is 4.28. The maximum atomic E-state index is 11.8. The quantitative estimate of drug-likeness (QED) is 0.922. The monoisotopic (exact) mass is 298 g/mol. The van der Waals surface area contributed by atoms with Crippen LogP contribution in [0.4, 0.5) is 5.69 Å². The van der Waals surface area contributed by atoms with Crippen LogP contribution in [-0.4, -0.2) is 22.0 Å². The molecule has 1 aliphatic heterocycles. The Balaban J connectivity index is 1.62. The molecule has 1 aromatic heterocycles. The van der Waals surface area contributed by atoms with Gasteiger partial charge in [0.25, 0.3) is 0 Å². The van der Waals surface area contributed by atoms with Crippen LogP contribution in [0.5, 0.6) is 0 Å². The van der Waals surface area contributed by atoms with Crippen LogP contribution in [-0.2, 0) is 18.4 Å². The van der Waals surface area contributed by atoms with E-state index in [1.165, 1.54) is 5.56 Å². The van der Waals surface area contributed by atoms with Crippen LogP contribution in [0.1, 0.15) is 37.1 Å². The molecule has 1 fully saturated rings. The van der Waals surface area contributed by atoms with Crippen molar-refractivity contribution in [3.8, 4) is 0 Å². The molecule has 1 amide bonds. The summed E-state index contributed by atoms with van der Waals surface area (Å²) in [5.41, 5.74) is 3.38. The highest BCUT2D eigenvalue weighted by Gasteiger charge is 2.21. The summed E-state index contributed by atoms with van der Waals surface area (Å²) < 4.78 is 2.02. The number of carbonyl (C=O) groups excluding carboxylic acids is 1. The van der Waals surface area contributed by atoms with Gasteiger partial charge >= 0.3 is 0 Å². The molecule has 0 spiro atoms. The molecule has 0 radical (unpaired) electrons. The van der Waals surface area contributed by atoms with E-state index in [9.17, 15) is 4.79 Å². The molecule has 1 N–H and O–H groups in total. The minimum atomic E-state index is 0.232. The van der Waals surface area contributed by atoms with Crippen molar-refractivity contribution in [1.29, 1.82) is 0 Å². The maximum Gasteiger partial charge on any atom is 0.227 e. The molecule has 1 aliphatic rings. The topological polar surface area (TPSA) is 50.2 Å². The molecular weight excluding hydrogens is 276 g/mol. The molecule has 2 heterocycles. The van der Waals surface area contributed by atoms with Gasteiger partial charge in [-0.15, -0.1) is 0 Å². The van der Waals surface area contributed by atoms with Crippen molar-refractivity contribution in [2.75, 3.05) is 11.4 Å². The minimum absolute atomic E-state index is 0.232. The van der Waals surface area contributed by atoms with Gasteiger partial charge in [0.05, 0.1) is 12.0 Å². The van der Waals surface area contributed by atoms with Crippen LogP contribution in [0.15, 0.2) is 36.8 Å². The Hall–Kier alpha value is -2.14. The number of hydrogen-bond acceptors (Lipinski definition) is 3. The van der Waals surface area contributed by atoms with Crippen molar-refractivity contribution in [1.82, 2.24) is 14.9 Å². The van der Waals surface area contributed by atoms with Gasteiger partial charge < -0.3 is 14.8 Å². The molecular formula is C17H22N4O. The summed E-state index contributed by atoms with van der Waals surface area (Å²) in [6.07, 6.45) is 5.32. The molecule has 1 unspecified atom stereocenters. The molecule has 1 atom stereocenters. The fourth-order valence-corrected chi connectivity index (χ4v) is 2.79. The fourth-order valence-electron chi connectivity index (χ4n) is 2.79. The van der Waals surface area contributed by atoms with E-state index in [1.807, 2.05) is 41.2 Å². The van der Waals surface area contributed by atoms with Gasteiger partial charge in [0.15, 0.2) is 0 Å². The normalized spacial score (nSPS) is 16.3. The minimum Gasteiger partial charge on any atom is -0.337 e. The number of carbonyl (C=O) groups is 1. The van der Waals surface area contributed by atoms with Crippen molar-refractivity contribution in [2.24, 2.45) is 7.05 Å². The van der Waals surface area contributed by atoms with Crippen molar-refractivity contribution in [3.63, 3.8) is 0 Å². The summed E-state index contributed by atoms with van der Waals surface area (Å²) in [7, 11) is 2.00. The zero-order valence-corrected chi connectivity index (χ0v) is 13.1. The molecule has 2 aromatic rings. The molecule has 1 aromatic carbocycles. The van der Waals surface area contributed by atoms with Crippen LogP contribution in [0.25, 0.3) is 0 Å². The number of benzene rings is 1. The lowest BCUT2D eigenvalue weighted by molar-refractivity contribution is -0.117. The van der Waals surface area contributed by atoms with Gasteiger partial charge in [-0.1, -0.05) is 12.1 Å². The standard InChI is InChI=1S/C17H22N4O/c1-13(19-11-16-10-18-12-20(16)2)14-5-7-15(8-6-14)21-9-3-4-17(21)22/h5-8,10,12-13,19H,3-4,9,11H2,1-2H3. The summed E-state index contributed by atoms with van der Waals surface area (Å²) in [5.74, 6) is 0.232. The molecule has 5 heteroatoms.